The van der Waals surface area contributed by atoms with E-state index in [2.05, 4.69) is 47.6 Å². The van der Waals surface area contributed by atoms with Gasteiger partial charge >= 0.3 is 0 Å². The number of carbonyl (C=O) groups is 1. The molecule has 0 saturated heterocycles. The van der Waals surface area contributed by atoms with Crippen LogP contribution in [0, 0.1) is 52.3 Å². The molecule has 3 fully saturated rings. The Balaban J connectivity index is 1.52. The zero-order valence-electron chi connectivity index (χ0n) is 20.4. The highest BCUT2D eigenvalue weighted by Gasteiger charge is 2.59. The van der Waals surface area contributed by atoms with E-state index in [1.807, 2.05) is 0 Å². The van der Waals surface area contributed by atoms with Gasteiger partial charge in [0, 0.05) is 12.3 Å². The molecule has 3 unspecified atom stereocenters. The lowest BCUT2D eigenvalue weighted by Crippen LogP contribution is -2.51. The number of hydrogen-bond acceptors (Lipinski definition) is 2. The summed E-state index contributed by atoms with van der Waals surface area (Å²) in [5.74, 6) is 4.73. The zero-order valence-corrected chi connectivity index (χ0v) is 20.4. The predicted molar refractivity (Wildman–Crippen MR) is 124 cm³/mol. The normalized spacial score (nSPS) is 45.2. The Bertz CT molecular complexity index is 693. The van der Waals surface area contributed by atoms with Crippen molar-refractivity contribution in [2.45, 2.75) is 105 Å². The van der Waals surface area contributed by atoms with Gasteiger partial charge in [0.15, 0.2) is 0 Å². The third kappa shape index (κ3) is 3.54. The summed E-state index contributed by atoms with van der Waals surface area (Å²) >= 11 is 0. The van der Waals surface area contributed by atoms with Crippen molar-refractivity contribution in [1.29, 1.82) is 0 Å². The molecule has 2 nitrogen and oxygen atoms in total. The van der Waals surface area contributed by atoms with E-state index >= 15 is 0 Å². The van der Waals surface area contributed by atoms with Gasteiger partial charge in [0.25, 0.3) is 0 Å². The van der Waals surface area contributed by atoms with Crippen molar-refractivity contribution in [3.05, 3.63) is 11.6 Å². The van der Waals surface area contributed by atoms with Gasteiger partial charge in [0.2, 0.25) is 0 Å². The maximum atomic E-state index is 13.2. The second kappa shape index (κ2) is 8.05. The Morgan fingerprint density at radius 2 is 1.80 bits per heavy atom. The van der Waals surface area contributed by atoms with E-state index in [0.29, 0.717) is 34.4 Å². The third-order valence-corrected chi connectivity index (χ3v) is 10.9. The molecule has 30 heavy (non-hydrogen) atoms. The Labute approximate surface area is 185 Å². The minimum absolute atomic E-state index is 0.120. The summed E-state index contributed by atoms with van der Waals surface area (Å²) in [7, 11) is 0. The molecule has 170 valence electrons. The molecule has 0 aliphatic heterocycles. The van der Waals surface area contributed by atoms with Crippen molar-refractivity contribution in [2.75, 3.05) is 0 Å². The molecule has 9 atom stereocenters. The molecule has 4 rings (SSSR count). The highest BCUT2D eigenvalue weighted by Crippen LogP contribution is 2.67. The number of aliphatic hydroxyl groups excluding tert-OH is 1. The van der Waals surface area contributed by atoms with Crippen LogP contribution in [0.1, 0.15) is 99.3 Å². The molecule has 1 N–H and O–H groups in total. The van der Waals surface area contributed by atoms with Crippen LogP contribution in [0.15, 0.2) is 11.6 Å². The van der Waals surface area contributed by atoms with Crippen molar-refractivity contribution < 1.29 is 9.90 Å². The lowest BCUT2D eigenvalue weighted by molar-refractivity contribution is -0.128. The molecule has 4 aliphatic carbocycles. The Kier molecular flexibility index (Phi) is 6.06. The zero-order chi connectivity index (χ0) is 21.8. The number of Topliss-reactive ketones (excluding diaryl/α,β-unsaturated/α-hetero) is 1. The van der Waals surface area contributed by atoms with Crippen LogP contribution in [0.25, 0.3) is 0 Å². The van der Waals surface area contributed by atoms with Crippen LogP contribution in [0.2, 0.25) is 0 Å². The van der Waals surface area contributed by atoms with Gasteiger partial charge in [-0.3, -0.25) is 4.79 Å². The first-order valence-corrected chi connectivity index (χ1v) is 13.0. The van der Waals surface area contributed by atoms with Crippen molar-refractivity contribution in [2.24, 2.45) is 52.3 Å². The summed E-state index contributed by atoms with van der Waals surface area (Å²) in [5.41, 5.74) is 2.22. The molecule has 0 radical (unpaired) electrons. The molecule has 4 aliphatic rings. The smallest absolute Gasteiger partial charge is 0.136 e. The van der Waals surface area contributed by atoms with Gasteiger partial charge in [0.1, 0.15) is 5.78 Å². The van der Waals surface area contributed by atoms with E-state index in [-0.39, 0.29) is 12.0 Å². The molecule has 0 amide bonds. The molecule has 0 aromatic carbocycles. The summed E-state index contributed by atoms with van der Waals surface area (Å²) in [6, 6.07) is 0. The third-order valence-electron chi connectivity index (χ3n) is 10.9. The van der Waals surface area contributed by atoms with Gasteiger partial charge in [0.05, 0.1) is 6.10 Å². The number of fused-ring (bicyclic) bond motifs is 5. The fraction of sp³-hybridized carbons (Fsp3) is 0.893. The number of allylic oxidation sites excluding steroid dienone is 1. The van der Waals surface area contributed by atoms with Crippen LogP contribution in [-0.4, -0.2) is 17.0 Å². The number of rotatable bonds is 5. The van der Waals surface area contributed by atoms with Gasteiger partial charge in [-0.2, -0.15) is 0 Å². The largest absolute Gasteiger partial charge is 0.393 e. The van der Waals surface area contributed by atoms with Crippen molar-refractivity contribution in [1.82, 2.24) is 0 Å². The summed E-state index contributed by atoms with van der Waals surface area (Å²) in [6.45, 7) is 14.0. The molecule has 0 spiro atoms. The van der Waals surface area contributed by atoms with Crippen LogP contribution in [0.4, 0.5) is 0 Å². The average Bonchev–Trinajstić information content (AvgIpc) is 3.04. The monoisotopic (exact) mass is 414 g/mol. The fourth-order valence-electron chi connectivity index (χ4n) is 8.47. The van der Waals surface area contributed by atoms with E-state index in [4.69, 9.17) is 0 Å². The second-order valence-corrected chi connectivity index (χ2v) is 12.6. The lowest BCUT2D eigenvalue weighted by Gasteiger charge is -2.58. The van der Waals surface area contributed by atoms with Gasteiger partial charge in [-0.15, -0.1) is 0 Å². The summed E-state index contributed by atoms with van der Waals surface area (Å²) in [4.78, 5) is 13.2. The second-order valence-electron chi connectivity index (χ2n) is 12.6. The van der Waals surface area contributed by atoms with Crippen LogP contribution in [0.5, 0.6) is 0 Å². The summed E-state index contributed by atoms with van der Waals surface area (Å²) in [6.07, 6.45) is 12.6. The molecular weight excluding hydrogens is 368 g/mol. The van der Waals surface area contributed by atoms with Gasteiger partial charge in [-0.1, -0.05) is 53.2 Å². The predicted octanol–water partition coefficient (Wildman–Crippen LogP) is 6.81. The molecule has 0 aromatic heterocycles. The molecule has 3 saturated carbocycles. The minimum atomic E-state index is -0.120. The highest BCUT2D eigenvalue weighted by atomic mass is 16.3. The van der Waals surface area contributed by atoms with E-state index in [1.54, 1.807) is 5.57 Å². The van der Waals surface area contributed by atoms with Gasteiger partial charge in [-0.05, 0) is 97.7 Å². The maximum Gasteiger partial charge on any atom is 0.136 e. The Morgan fingerprint density at radius 1 is 1.07 bits per heavy atom. The fourth-order valence-corrected chi connectivity index (χ4v) is 8.47. The molecule has 2 heteroatoms. The first kappa shape index (κ1) is 22.6. The number of carbonyl (C=O) groups excluding carboxylic acids is 1. The average molecular weight is 415 g/mol. The van der Waals surface area contributed by atoms with Crippen LogP contribution in [0.3, 0.4) is 0 Å². The number of hydrogen-bond donors (Lipinski definition) is 1. The number of aliphatic hydroxyl groups is 1. The Morgan fingerprint density at radius 3 is 2.50 bits per heavy atom. The lowest BCUT2D eigenvalue weighted by atomic mass is 9.47. The van der Waals surface area contributed by atoms with Crippen molar-refractivity contribution in [3.8, 4) is 0 Å². The number of ketones is 1. The van der Waals surface area contributed by atoms with Crippen LogP contribution in [-0.2, 0) is 4.79 Å². The van der Waals surface area contributed by atoms with E-state index in [0.717, 1.165) is 43.4 Å². The summed E-state index contributed by atoms with van der Waals surface area (Å²) < 4.78 is 0. The summed E-state index contributed by atoms with van der Waals surface area (Å²) in [5, 5.41) is 10.2. The minimum Gasteiger partial charge on any atom is -0.393 e. The van der Waals surface area contributed by atoms with Crippen molar-refractivity contribution in [3.63, 3.8) is 0 Å². The first-order valence-electron chi connectivity index (χ1n) is 13.0. The Hall–Kier alpha value is -0.630. The standard InChI is InChI=1S/C28H46O2/c1-17(2)18(3)15-26(30)19(4)23-9-10-24-22-8-7-20-16-21(29)11-13-27(20,5)25(22)12-14-28(23,24)6/h7,17-19,21-25,29H,8-16H2,1-6H3/t18-,19+,21+,22?,23-,24?,25?,27+,28-/m1/s1. The van der Waals surface area contributed by atoms with Crippen LogP contribution < -0.4 is 0 Å². The quantitative estimate of drug-likeness (QED) is 0.501. The van der Waals surface area contributed by atoms with E-state index in [9.17, 15) is 9.90 Å². The van der Waals surface area contributed by atoms with Crippen LogP contribution >= 0.6 is 0 Å². The maximum absolute atomic E-state index is 13.2. The van der Waals surface area contributed by atoms with E-state index < -0.39 is 0 Å². The molecule has 0 heterocycles. The van der Waals surface area contributed by atoms with Crippen molar-refractivity contribution >= 4 is 5.78 Å². The SMILES string of the molecule is CC(C)[C@H](C)CC(=O)[C@@H](C)[C@H]1CCC2C3CC=C4C[C@@H](O)CC[C@]4(C)C3CC[C@@]21C. The van der Waals surface area contributed by atoms with E-state index in [1.165, 1.54) is 32.1 Å². The molecule has 0 aromatic rings. The first-order chi connectivity index (χ1) is 14.1. The molecule has 0 bridgehead atoms. The van der Waals surface area contributed by atoms with Gasteiger partial charge in [-0.25, -0.2) is 0 Å². The topological polar surface area (TPSA) is 37.3 Å². The van der Waals surface area contributed by atoms with Gasteiger partial charge < -0.3 is 5.11 Å². The molecular formula is C28H46O2. The highest BCUT2D eigenvalue weighted by molar-refractivity contribution is 5.81.